The van der Waals surface area contributed by atoms with Crippen molar-refractivity contribution in [1.29, 1.82) is 0 Å². The molecule has 0 radical (unpaired) electrons. The van der Waals surface area contributed by atoms with E-state index in [2.05, 4.69) is 32.6 Å². The van der Waals surface area contributed by atoms with E-state index in [0.717, 1.165) is 15.4 Å². The molecule has 0 spiro atoms. The van der Waals surface area contributed by atoms with E-state index in [1.165, 1.54) is 0 Å². The Morgan fingerprint density at radius 1 is 1.22 bits per heavy atom. The molecule has 1 saturated heterocycles. The molecule has 23 heavy (non-hydrogen) atoms. The summed E-state index contributed by atoms with van der Waals surface area (Å²) in [7, 11) is 0. The van der Waals surface area contributed by atoms with Gasteiger partial charge in [-0.05, 0) is 36.4 Å². The van der Waals surface area contributed by atoms with Gasteiger partial charge in [-0.15, -0.1) is 0 Å². The molecule has 0 atom stereocenters. The van der Waals surface area contributed by atoms with E-state index in [9.17, 15) is 9.59 Å². The quantitative estimate of drug-likeness (QED) is 0.888. The fourth-order valence-corrected chi connectivity index (χ4v) is 3.45. The fourth-order valence-electron chi connectivity index (χ4n) is 3.10. The number of likely N-dealkylation sites (tertiary alicyclic amines) is 1. The molecule has 1 aliphatic heterocycles. The first kappa shape index (κ1) is 16.1. The normalized spacial score (nSPS) is 16.0. The number of carbonyl (C=O) groups is 2. The van der Waals surface area contributed by atoms with E-state index in [1.54, 1.807) is 4.90 Å². The van der Waals surface area contributed by atoms with Gasteiger partial charge in [0.2, 0.25) is 5.91 Å². The van der Waals surface area contributed by atoms with E-state index in [0.29, 0.717) is 38.9 Å². The van der Waals surface area contributed by atoms with Crippen LogP contribution in [0.1, 0.15) is 19.3 Å². The van der Waals surface area contributed by atoms with Crippen LogP contribution in [0.2, 0.25) is 0 Å². The second-order valence-electron chi connectivity index (χ2n) is 5.96. The third kappa shape index (κ3) is 3.58. The number of carboxylic acids is 1. The van der Waals surface area contributed by atoms with Gasteiger partial charge >= 0.3 is 5.97 Å². The molecular formula is C17H19BrN2O3. The summed E-state index contributed by atoms with van der Waals surface area (Å²) in [5.74, 6) is -0.947. The third-order valence-corrected chi connectivity index (χ3v) is 4.99. The number of carbonyl (C=O) groups excluding carboxylic acids is 1. The Hall–Kier alpha value is -1.82. The van der Waals surface area contributed by atoms with E-state index in [-0.39, 0.29) is 11.8 Å². The molecule has 1 amide bonds. The SMILES string of the molecule is O=C(O)C1CCN(C(=O)CCn2ccc3ccc(Br)cc32)CC1. The number of aromatic nitrogens is 1. The topological polar surface area (TPSA) is 62.5 Å². The largest absolute Gasteiger partial charge is 0.481 e. The van der Waals surface area contributed by atoms with Crippen molar-refractivity contribution in [3.8, 4) is 0 Å². The molecule has 2 heterocycles. The minimum Gasteiger partial charge on any atom is -0.481 e. The van der Waals surface area contributed by atoms with Gasteiger partial charge in [-0.2, -0.15) is 0 Å². The lowest BCUT2D eigenvalue weighted by Gasteiger charge is -2.30. The van der Waals surface area contributed by atoms with Crippen LogP contribution in [0.4, 0.5) is 0 Å². The maximum Gasteiger partial charge on any atom is 0.306 e. The van der Waals surface area contributed by atoms with Gasteiger partial charge < -0.3 is 14.6 Å². The highest BCUT2D eigenvalue weighted by Gasteiger charge is 2.26. The van der Waals surface area contributed by atoms with Gasteiger partial charge in [0.25, 0.3) is 0 Å². The van der Waals surface area contributed by atoms with E-state index in [1.807, 2.05) is 18.3 Å². The number of piperidine rings is 1. The van der Waals surface area contributed by atoms with Gasteiger partial charge in [-0.1, -0.05) is 22.0 Å². The molecule has 0 unspecified atom stereocenters. The summed E-state index contributed by atoms with van der Waals surface area (Å²) in [5.41, 5.74) is 1.11. The molecule has 1 aromatic carbocycles. The number of rotatable bonds is 4. The van der Waals surface area contributed by atoms with E-state index >= 15 is 0 Å². The summed E-state index contributed by atoms with van der Waals surface area (Å²) in [6.45, 7) is 1.74. The summed E-state index contributed by atoms with van der Waals surface area (Å²) < 4.78 is 3.11. The molecule has 2 aromatic rings. The Bertz CT molecular complexity index is 733. The number of amides is 1. The van der Waals surface area contributed by atoms with Gasteiger partial charge in [0, 0.05) is 42.2 Å². The van der Waals surface area contributed by atoms with Crippen molar-refractivity contribution in [2.75, 3.05) is 13.1 Å². The summed E-state index contributed by atoms with van der Waals surface area (Å²) in [6.07, 6.45) is 3.55. The van der Waals surface area contributed by atoms with Crippen molar-refractivity contribution in [1.82, 2.24) is 9.47 Å². The highest BCUT2D eigenvalue weighted by atomic mass is 79.9. The number of hydrogen-bond donors (Lipinski definition) is 1. The number of aliphatic carboxylic acids is 1. The number of benzene rings is 1. The number of hydrogen-bond acceptors (Lipinski definition) is 2. The maximum atomic E-state index is 12.3. The third-order valence-electron chi connectivity index (χ3n) is 4.50. The summed E-state index contributed by atoms with van der Waals surface area (Å²) in [6, 6.07) is 8.15. The molecule has 1 aliphatic rings. The molecule has 1 N–H and O–H groups in total. The number of fused-ring (bicyclic) bond motifs is 1. The number of carboxylic acid groups (broad SMARTS) is 1. The van der Waals surface area contributed by atoms with Crippen molar-refractivity contribution in [3.63, 3.8) is 0 Å². The zero-order valence-electron chi connectivity index (χ0n) is 12.7. The van der Waals surface area contributed by atoms with Crippen LogP contribution in [-0.2, 0) is 16.1 Å². The van der Waals surface area contributed by atoms with E-state index < -0.39 is 5.97 Å². The molecular weight excluding hydrogens is 360 g/mol. The minimum atomic E-state index is -0.749. The van der Waals surface area contributed by atoms with Gasteiger partial charge in [0.1, 0.15) is 0 Å². The summed E-state index contributed by atoms with van der Waals surface area (Å²) in [5, 5.41) is 10.2. The lowest BCUT2D eigenvalue weighted by molar-refractivity contribution is -0.145. The van der Waals surface area contributed by atoms with Gasteiger partial charge in [-0.3, -0.25) is 9.59 Å². The average Bonchev–Trinajstić information content (AvgIpc) is 2.95. The lowest BCUT2D eigenvalue weighted by Crippen LogP contribution is -2.40. The van der Waals surface area contributed by atoms with Crippen molar-refractivity contribution in [3.05, 3.63) is 34.9 Å². The first-order chi connectivity index (χ1) is 11.0. The lowest BCUT2D eigenvalue weighted by atomic mass is 9.97. The second kappa shape index (κ2) is 6.74. The van der Waals surface area contributed by atoms with Crippen LogP contribution in [0.25, 0.3) is 10.9 Å². The molecule has 6 heteroatoms. The predicted molar refractivity (Wildman–Crippen MR) is 91.2 cm³/mol. The van der Waals surface area contributed by atoms with Crippen LogP contribution in [-0.4, -0.2) is 39.5 Å². The summed E-state index contributed by atoms with van der Waals surface area (Å²) >= 11 is 3.47. The Morgan fingerprint density at radius 3 is 2.65 bits per heavy atom. The first-order valence-electron chi connectivity index (χ1n) is 7.79. The first-order valence-corrected chi connectivity index (χ1v) is 8.59. The van der Waals surface area contributed by atoms with Gasteiger partial charge in [0.15, 0.2) is 0 Å². The van der Waals surface area contributed by atoms with Crippen molar-refractivity contribution in [2.45, 2.75) is 25.8 Å². The smallest absolute Gasteiger partial charge is 0.306 e. The van der Waals surface area contributed by atoms with Crippen LogP contribution in [0.15, 0.2) is 34.9 Å². The molecule has 5 nitrogen and oxygen atoms in total. The highest BCUT2D eigenvalue weighted by Crippen LogP contribution is 2.22. The van der Waals surface area contributed by atoms with Crippen molar-refractivity contribution in [2.24, 2.45) is 5.92 Å². The van der Waals surface area contributed by atoms with Crippen LogP contribution in [0.3, 0.4) is 0 Å². The Kier molecular flexibility index (Phi) is 4.71. The standard InChI is InChI=1S/C17H19BrN2O3/c18-14-2-1-12-3-7-19(15(12)11-14)10-6-16(21)20-8-4-13(5-9-20)17(22)23/h1-3,7,11,13H,4-6,8-10H2,(H,22,23). The predicted octanol–water partition coefficient (Wildman–Crippen LogP) is 3.12. The Labute approximate surface area is 143 Å². The molecule has 0 saturated carbocycles. The van der Waals surface area contributed by atoms with Crippen LogP contribution >= 0.6 is 15.9 Å². The molecule has 0 bridgehead atoms. The Morgan fingerprint density at radius 2 is 1.96 bits per heavy atom. The minimum absolute atomic E-state index is 0.102. The van der Waals surface area contributed by atoms with Crippen LogP contribution < -0.4 is 0 Å². The zero-order chi connectivity index (χ0) is 16.4. The number of nitrogens with zero attached hydrogens (tertiary/aromatic N) is 2. The van der Waals surface area contributed by atoms with Crippen LogP contribution in [0.5, 0.6) is 0 Å². The molecule has 1 aromatic heterocycles. The van der Waals surface area contributed by atoms with Crippen molar-refractivity contribution >= 4 is 38.7 Å². The van der Waals surface area contributed by atoms with Crippen molar-refractivity contribution < 1.29 is 14.7 Å². The zero-order valence-corrected chi connectivity index (χ0v) is 14.3. The molecule has 122 valence electrons. The number of halogens is 1. The monoisotopic (exact) mass is 378 g/mol. The fraction of sp³-hybridized carbons (Fsp3) is 0.412. The van der Waals surface area contributed by atoms with Gasteiger partial charge in [-0.25, -0.2) is 0 Å². The molecule has 1 fully saturated rings. The van der Waals surface area contributed by atoms with Gasteiger partial charge in [0.05, 0.1) is 5.92 Å². The molecule has 3 rings (SSSR count). The second-order valence-corrected chi connectivity index (χ2v) is 6.87. The summed E-state index contributed by atoms with van der Waals surface area (Å²) in [4.78, 5) is 25.1. The molecule has 0 aliphatic carbocycles. The number of aryl methyl sites for hydroxylation is 1. The average molecular weight is 379 g/mol. The maximum absolute atomic E-state index is 12.3. The van der Waals surface area contributed by atoms with Crippen LogP contribution in [0, 0.1) is 5.92 Å². The van der Waals surface area contributed by atoms with E-state index in [4.69, 9.17) is 5.11 Å². The Balaban J connectivity index is 1.58. The highest BCUT2D eigenvalue weighted by molar-refractivity contribution is 9.10.